The summed E-state index contributed by atoms with van der Waals surface area (Å²) in [7, 11) is 0. The topological polar surface area (TPSA) is 38.3 Å². The highest BCUT2D eigenvalue weighted by atomic mass is 127. The Labute approximate surface area is 121 Å². The van der Waals surface area contributed by atoms with Crippen LogP contribution < -0.4 is 5.32 Å². The average Bonchev–Trinajstić information content (AvgIpc) is 2.30. The zero-order valence-corrected chi connectivity index (χ0v) is 12.9. The van der Waals surface area contributed by atoms with Gasteiger partial charge in [-0.25, -0.2) is 0 Å². The molecule has 1 amide bonds. The summed E-state index contributed by atoms with van der Waals surface area (Å²) in [6.07, 6.45) is 2.20. The molecule has 1 aromatic rings. The third-order valence-corrected chi connectivity index (χ3v) is 4.70. The number of rotatable bonds is 4. The van der Waals surface area contributed by atoms with Crippen molar-refractivity contribution < 1.29 is 9.53 Å². The molecular formula is C14H18INO2. The monoisotopic (exact) mass is 359 g/mol. The fourth-order valence-corrected chi connectivity index (χ4v) is 2.75. The number of carbonyl (C=O) groups excluding carboxylic acids is 1. The number of benzene rings is 1. The van der Waals surface area contributed by atoms with E-state index in [-0.39, 0.29) is 11.9 Å². The van der Waals surface area contributed by atoms with Crippen molar-refractivity contribution in [3.63, 3.8) is 0 Å². The lowest BCUT2D eigenvalue weighted by atomic mass is 9.89. The van der Waals surface area contributed by atoms with Crippen LogP contribution in [0.25, 0.3) is 0 Å². The molecule has 18 heavy (non-hydrogen) atoms. The van der Waals surface area contributed by atoms with E-state index in [4.69, 9.17) is 4.74 Å². The predicted octanol–water partition coefficient (Wildman–Crippen LogP) is 2.90. The van der Waals surface area contributed by atoms with Crippen LogP contribution in [0.2, 0.25) is 0 Å². The van der Waals surface area contributed by atoms with Crippen LogP contribution in [0.5, 0.6) is 0 Å². The van der Waals surface area contributed by atoms with E-state index in [9.17, 15) is 4.79 Å². The van der Waals surface area contributed by atoms with Gasteiger partial charge in [-0.2, -0.15) is 0 Å². The van der Waals surface area contributed by atoms with Gasteiger partial charge < -0.3 is 10.1 Å². The quantitative estimate of drug-likeness (QED) is 0.840. The van der Waals surface area contributed by atoms with Crippen LogP contribution in [-0.4, -0.2) is 24.7 Å². The van der Waals surface area contributed by atoms with Gasteiger partial charge in [0, 0.05) is 16.2 Å². The first-order chi connectivity index (χ1) is 8.61. The summed E-state index contributed by atoms with van der Waals surface area (Å²) in [6, 6.07) is 6.09. The summed E-state index contributed by atoms with van der Waals surface area (Å²) < 4.78 is 6.52. The highest BCUT2D eigenvalue weighted by Gasteiger charge is 2.31. The Morgan fingerprint density at radius 2 is 2.22 bits per heavy atom. The molecule has 98 valence electrons. The van der Waals surface area contributed by atoms with Crippen LogP contribution in [0.1, 0.15) is 35.7 Å². The number of hydrogen-bond donors (Lipinski definition) is 1. The molecular weight excluding hydrogens is 341 g/mol. The van der Waals surface area contributed by atoms with E-state index >= 15 is 0 Å². The third kappa shape index (κ3) is 3.03. The lowest BCUT2D eigenvalue weighted by molar-refractivity contribution is -0.00863. The summed E-state index contributed by atoms with van der Waals surface area (Å²) in [5.74, 6) is 0.0306. The van der Waals surface area contributed by atoms with Crippen molar-refractivity contribution in [1.82, 2.24) is 5.32 Å². The third-order valence-electron chi connectivity index (χ3n) is 3.27. The molecule has 1 N–H and O–H groups in total. The van der Waals surface area contributed by atoms with Crippen molar-refractivity contribution in [2.24, 2.45) is 0 Å². The first-order valence-electron chi connectivity index (χ1n) is 6.29. The van der Waals surface area contributed by atoms with Crippen molar-refractivity contribution in [3.05, 3.63) is 32.9 Å². The van der Waals surface area contributed by atoms with E-state index in [0.29, 0.717) is 6.10 Å². The highest BCUT2D eigenvalue weighted by Crippen LogP contribution is 2.24. The Bertz CT molecular complexity index is 441. The average molecular weight is 359 g/mol. The van der Waals surface area contributed by atoms with Gasteiger partial charge in [-0.15, -0.1) is 0 Å². The fraction of sp³-hybridized carbons (Fsp3) is 0.500. The summed E-state index contributed by atoms with van der Waals surface area (Å²) in [5.41, 5.74) is 1.92. The van der Waals surface area contributed by atoms with Gasteiger partial charge in [0.2, 0.25) is 0 Å². The SMILES string of the molecule is CCOC1CC(NC(=O)c2cccc(C)c2I)C1. The Balaban J connectivity index is 1.91. The normalized spacial score (nSPS) is 22.4. The lowest BCUT2D eigenvalue weighted by Gasteiger charge is -2.35. The Hall–Kier alpha value is -0.620. The molecule has 1 aliphatic rings. The van der Waals surface area contributed by atoms with Crippen molar-refractivity contribution in [1.29, 1.82) is 0 Å². The van der Waals surface area contributed by atoms with Crippen LogP contribution in [0.3, 0.4) is 0 Å². The Morgan fingerprint density at radius 3 is 2.89 bits per heavy atom. The minimum Gasteiger partial charge on any atom is -0.378 e. The van der Waals surface area contributed by atoms with Crippen LogP contribution in [0, 0.1) is 10.5 Å². The number of carbonyl (C=O) groups is 1. The molecule has 1 fully saturated rings. The first-order valence-corrected chi connectivity index (χ1v) is 7.37. The van der Waals surface area contributed by atoms with E-state index in [1.165, 1.54) is 0 Å². The fourth-order valence-electron chi connectivity index (χ4n) is 2.14. The van der Waals surface area contributed by atoms with Crippen molar-refractivity contribution in [3.8, 4) is 0 Å². The molecule has 1 saturated carbocycles. The Morgan fingerprint density at radius 1 is 1.50 bits per heavy atom. The van der Waals surface area contributed by atoms with Gasteiger partial charge >= 0.3 is 0 Å². The van der Waals surface area contributed by atoms with Gasteiger partial charge in [-0.1, -0.05) is 12.1 Å². The second kappa shape index (κ2) is 6.02. The molecule has 0 bridgehead atoms. The molecule has 0 unspecified atom stereocenters. The summed E-state index contributed by atoms with van der Waals surface area (Å²) in [6.45, 7) is 4.77. The maximum Gasteiger partial charge on any atom is 0.252 e. The van der Waals surface area contributed by atoms with Gasteiger partial charge in [0.25, 0.3) is 5.91 Å². The van der Waals surface area contributed by atoms with Gasteiger partial charge in [0.05, 0.1) is 11.7 Å². The molecule has 0 saturated heterocycles. The van der Waals surface area contributed by atoms with E-state index in [2.05, 4.69) is 27.9 Å². The zero-order valence-electron chi connectivity index (χ0n) is 10.7. The molecule has 0 spiro atoms. The smallest absolute Gasteiger partial charge is 0.252 e. The van der Waals surface area contributed by atoms with Gasteiger partial charge in [0.15, 0.2) is 0 Å². The molecule has 2 rings (SSSR count). The number of nitrogens with one attached hydrogen (secondary N) is 1. The van der Waals surface area contributed by atoms with Gasteiger partial charge in [-0.3, -0.25) is 4.79 Å². The van der Waals surface area contributed by atoms with Crippen LogP contribution in [-0.2, 0) is 4.74 Å². The second-order valence-corrected chi connectivity index (χ2v) is 5.73. The summed E-state index contributed by atoms with van der Waals surface area (Å²) in [4.78, 5) is 12.1. The first kappa shape index (κ1) is 13.8. The number of halogens is 1. The molecule has 3 nitrogen and oxygen atoms in total. The molecule has 4 heteroatoms. The van der Waals surface area contributed by atoms with Crippen LogP contribution >= 0.6 is 22.6 Å². The van der Waals surface area contributed by atoms with E-state index < -0.39 is 0 Å². The lowest BCUT2D eigenvalue weighted by Crippen LogP contribution is -2.48. The van der Waals surface area contributed by atoms with Crippen molar-refractivity contribution >= 4 is 28.5 Å². The standard InChI is InChI=1S/C14H18INO2/c1-3-18-11-7-10(8-11)16-14(17)12-6-4-5-9(2)13(12)15/h4-6,10-11H,3,7-8H2,1-2H3,(H,16,17). The molecule has 1 aromatic carbocycles. The second-order valence-electron chi connectivity index (χ2n) is 4.66. The minimum absolute atomic E-state index is 0.0306. The molecule has 0 aliphatic heterocycles. The van der Waals surface area contributed by atoms with E-state index in [1.54, 1.807) is 0 Å². The number of ether oxygens (including phenoxy) is 1. The molecule has 0 heterocycles. The minimum atomic E-state index is 0.0306. The summed E-state index contributed by atoms with van der Waals surface area (Å²) in [5, 5.41) is 3.07. The molecule has 0 radical (unpaired) electrons. The highest BCUT2D eigenvalue weighted by molar-refractivity contribution is 14.1. The van der Waals surface area contributed by atoms with Crippen molar-refractivity contribution in [2.75, 3.05) is 6.61 Å². The molecule has 0 aromatic heterocycles. The predicted molar refractivity (Wildman–Crippen MR) is 79.8 cm³/mol. The maximum absolute atomic E-state index is 12.1. The Kier molecular flexibility index (Phi) is 4.61. The van der Waals surface area contributed by atoms with Gasteiger partial charge in [0.1, 0.15) is 0 Å². The van der Waals surface area contributed by atoms with E-state index in [0.717, 1.165) is 34.1 Å². The van der Waals surface area contributed by atoms with Crippen LogP contribution in [0.15, 0.2) is 18.2 Å². The molecule has 1 aliphatic carbocycles. The van der Waals surface area contributed by atoms with Gasteiger partial charge in [-0.05, 0) is 60.9 Å². The number of hydrogen-bond acceptors (Lipinski definition) is 2. The van der Waals surface area contributed by atoms with E-state index in [1.807, 2.05) is 32.0 Å². The number of aryl methyl sites for hydroxylation is 1. The van der Waals surface area contributed by atoms with Crippen molar-refractivity contribution in [2.45, 2.75) is 38.8 Å². The maximum atomic E-state index is 12.1. The summed E-state index contributed by atoms with van der Waals surface area (Å²) >= 11 is 2.23. The number of amides is 1. The van der Waals surface area contributed by atoms with Crippen LogP contribution in [0.4, 0.5) is 0 Å². The largest absolute Gasteiger partial charge is 0.378 e. The zero-order chi connectivity index (χ0) is 13.1. The molecule has 0 atom stereocenters.